The summed E-state index contributed by atoms with van der Waals surface area (Å²) in [5.41, 5.74) is 1.26. The van der Waals surface area contributed by atoms with Crippen molar-refractivity contribution in [2.75, 3.05) is 0 Å². The highest BCUT2D eigenvalue weighted by atomic mass is 35.5. The normalized spacial score (nSPS) is 10.1. The summed E-state index contributed by atoms with van der Waals surface area (Å²) in [6, 6.07) is 7.08. The van der Waals surface area contributed by atoms with Gasteiger partial charge in [-0.05, 0) is 24.3 Å². The lowest BCUT2D eigenvalue weighted by Gasteiger charge is -2.05. The number of hydrogen-bond acceptors (Lipinski definition) is 2. The standard InChI is InChI=1S/C10H7ClN2O/c11-10-9(4-1-5-12-10)13-6-2-3-8(13)7-14/h1-7H. The van der Waals surface area contributed by atoms with Gasteiger partial charge in [-0.15, -0.1) is 0 Å². The molecule has 3 nitrogen and oxygen atoms in total. The summed E-state index contributed by atoms with van der Waals surface area (Å²) in [4.78, 5) is 14.6. The topological polar surface area (TPSA) is 34.9 Å². The zero-order valence-electron chi connectivity index (χ0n) is 7.22. The predicted octanol–water partition coefficient (Wildman–Crippen LogP) is 2.34. The van der Waals surface area contributed by atoms with E-state index in [1.807, 2.05) is 6.07 Å². The second-order valence-corrected chi connectivity index (χ2v) is 3.09. The van der Waals surface area contributed by atoms with Crippen LogP contribution in [0.3, 0.4) is 0 Å². The Hall–Kier alpha value is -1.61. The second kappa shape index (κ2) is 3.64. The fourth-order valence-electron chi connectivity index (χ4n) is 1.27. The van der Waals surface area contributed by atoms with E-state index in [9.17, 15) is 4.79 Å². The van der Waals surface area contributed by atoms with Gasteiger partial charge < -0.3 is 4.57 Å². The number of nitrogens with zero attached hydrogens (tertiary/aromatic N) is 2. The Bertz CT molecular complexity index is 465. The highest BCUT2D eigenvalue weighted by Crippen LogP contribution is 2.18. The van der Waals surface area contributed by atoms with Crippen LogP contribution in [0.25, 0.3) is 5.69 Å². The van der Waals surface area contributed by atoms with Gasteiger partial charge in [0, 0.05) is 12.4 Å². The Morgan fingerprint density at radius 2 is 2.21 bits per heavy atom. The highest BCUT2D eigenvalue weighted by molar-refractivity contribution is 6.31. The van der Waals surface area contributed by atoms with Crippen LogP contribution in [0.5, 0.6) is 0 Å². The molecule has 2 heterocycles. The van der Waals surface area contributed by atoms with Gasteiger partial charge in [-0.3, -0.25) is 4.79 Å². The molecule has 2 aromatic rings. The molecule has 0 aliphatic carbocycles. The van der Waals surface area contributed by atoms with E-state index in [1.54, 1.807) is 35.2 Å². The molecule has 0 unspecified atom stereocenters. The number of pyridine rings is 1. The maximum atomic E-state index is 10.7. The monoisotopic (exact) mass is 206 g/mol. The molecule has 0 fully saturated rings. The molecule has 0 amide bonds. The summed E-state index contributed by atoms with van der Waals surface area (Å²) >= 11 is 5.90. The van der Waals surface area contributed by atoms with Gasteiger partial charge >= 0.3 is 0 Å². The number of aromatic nitrogens is 2. The van der Waals surface area contributed by atoms with E-state index in [0.29, 0.717) is 16.5 Å². The maximum Gasteiger partial charge on any atom is 0.166 e. The molecule has 0 saturated carbocycles. The second-order valence-electron chi connectivity index (χ2n) is 2.73. The Kier molecular flexibility index (Phi) is 2.33. The highest BCUT2D eigenvalue weighted by Gasteiger charge is 2.05. The maximum absolute atomic E-state index is 10.7. The van der Waals surface area contributed by atoms with Gasteiger partial charge in [-0.1, -0.05) is 11.6 Å². The van der Waals surface area contributed by atoms with Crippen molar-refractivity contribution in [3.63, 3.8) is 0 Å². The number of aldehydes is 1. The number of halogens is 1. The van der Waals surface area contributed by atoms with E-state index < -0.39 is 0 Å². The van der Waals surface area contributed by atoms with Gasteiger partial charge in [-0.25, -0.2) is 4.98 Å². The van der Waals surface area contributed by atoms with Crippen LogP contribution in [-0.2, 0) is 0 Å². The van der Waals surface area contributed by atoms with E-state index in [1.165, 1.54) is 0 Å². The lowest BCUT2D eigenvalue weighted by atomic mass is 10.4. The SMILES string of the molecule is O=Cc1cccn1-c1cccnc1Cl. The Morgan fingerprint density at radius 1 is 1.36 bits per heavy atom. The third-order valence-electron chi connectivity index (χ3n) is 1.90. The first-order chi connectivity index (χ1) is 6.83. The van der Waals surface area contributed by atoms with Crippen molar-refractivity contribution in [3.05, 3.63) is 47.5 Å². The largest absolute Gasteiger partial charge is 0.311 e. The molecule has 0 radical (unpaired) electrons. The minimum absolute atomic E-state index is 0.381. The van der Waals surface area contributed by atoms with Crippen molar-refractivity contribution in [2.45, 2.75) is 0 Å². The smallest absolute Gasteiger partial charge is 0.166 e. The van der Waals surface area contributed by atoms with Crippen molar-refractivity contribution in [3.8, 4) is 5.69 Å². The van der Waals surface area contributed by atoms with Crippen LogP contribution in [0.15, 0.2) is 36.7 Å². The molecular weight excluding hydrogens is 200 g/mol. The van der Waals surface area contributed by atoms with Gasteiger partial charge in [0.05, 0.1) is 11.4 Å². The summed E-state index contributed by atoms with van der Waals surface area (Å²) in [7, 11) is 0. The molecule has 0 spiro atoms. The van der Waals surface area contributed by atoms with Crippen LogP contribution in [0.4, 0.5) is 0 Å². The summed E-state index contributed by atoms with van der Waals surface area (Å²) in [6.07, 6.45) is 4.16. The molecular formula is C10H7ClN2O. The van der Waals surface area contributed by atoms with Crippen LogP contribution in [0.1, 0.15) is 10.5 Å². The van der Waals surface area contributed by atoms with Crippen LogP contribution in [0.2, 0.25) is 5.15 Å². The lowest BCUT2D eigenvalue weighted by molar-refractivity contribution is 0.111. The summed E-state index contributed by atoms with van der Waals surface area (Å²) in [6.45, 7) is 0. The van der Waals surface area contributed by atoms with Gasteiger partial charge in [0.2, 0.25) is 0 Å². The molecule has 0 aliphatic rings. The van der Waals surface area contributed by atoms with Gasteiger partial charge in [0.1, 0.15) is 0 Å². The molecule has 0 aromatic carbocycles. The molecule has 0 aliphatic heterocycles. The van der Waals surface area contributed by atoms with Crippen molar-refractivity contribution in [1.29, 1.82) is 0 Å². The Labute approximate surface area is 86.0 Å². The average molecular weight is 207 g/mol. The van der Waals surface area contributed by atoms with E-state index in [2.05, 4.69) is 4.98 Å². The zero-order valence-corrected chi connectivity index (χ0v) is 7.98. The van der Waals surface area contributed by atoms with Crippen LogP contribution in [-0.4, -0.2) is 15.8 Å². The van der Waals surface area contributed by atoms with Crippen LogP contribution < -0.4 is 0 Å². The zero-order chi connectivity index (χ0) is 9.97. The first-order valence-electron chi connectivity index (χ1n) is 4.06. The molecule has 70 valence electrons. The summed E-state index contributed by atoms with van der Waals surface area (Å²) < 4.78 is 1.70. The van der Waals surface area contributed by atoms with Crippen LogP contribution >= 0.6 is 11.6 Å². The van der Waals surface area contributed by atoms with E-state index in [4.69, 9.17) is 11.6 Å². The third-order valence-corrected chi connectivity index (χ3v) is 2.19. The molecule has 2 rings (SSSR count). The Balaban J connectivity index is 2.60. The van der Waals surface area contributed by atoms with Crippen LogP contribution in [0, 0.1) is 0 Å². The van der Waals surface area contributed by atoms with Gasteiger partial charge in [-0.2, -0.15) is 0 Å². The molecule has 0 bridgehead atoms. The minimum Gasteiger partial charge on any atom is -0.311 e. The van der Waals surface area contributed by atoms with Crippen molar-refractivity contribution in [1.82, 2.24) is 9.55 Å². The van der Waals surface area contributed by atoms with Crippen molar-refractivity contribution >= 4 is 17.9 Å². The van der Waals surface area contributed by atoms with Gasteiger partial charge in [0.25, 0.3) is 0 Å². The van der Waals surface area contributed by atoms with Crippen molar-refractivity contribution in [2.24, 2.45) is 0 Å². The van der Waals surface area contributed by atoms with Gasteiger partial charge in [0.15, 0.2) is 11.4 Å². The van der Waals surface area contributed by atoms with Crippen molar-refractivity contribution < 1.29 is 4.79 Å². The fourth-order valence-corrected chi connectivity index (χ4v) is 1.48. The molecule has 2 aromatic heterocycles. The number of rotatable bonds is 2. The number of hydrogen-bond donors (Lipinski definition) is 0. The molecule has 0 N–H and O–H groups in total. The molecule has 4 heteroatoms. The lowest BCUT2D eigenvalue weighted by Crippen LogP contribution is -1.98. The number of carbonyl (C=O) groups is 1. The molecule has 0 saturated heterocycles. The molecule has 0 atom stereocenters. The predicted molar refractivity (Wildman–Crippen MR) is 54.0 cm³/mol. The van der Waals surface area contributed by atoms with E-state index in [0.717, 1.165) is 6.29 Å². The van der Waals surface area contributed by atoms with E-state index in [-0.39, 0.29) is 0 Å². The summed E-state index contributed by atoms with van der Waals surface area (Å²) in [5, 5.41) is 0.381. The first-order valence-corrected chi connectivity index (χ1v) is 4.44. The quantitative estimate of drug-likeness (QED) is 0.559. The molecule has 14 heavy (non-hydrogen) atoms. The number of carbonyl (C=O) groups excluding carboxylic acids is 1. The summed E-state index contributed by atoms with van der Waals surface area (Å²) in [5.74, 6) is 0. The fraction of sp³-hybridized carbons (Fsp3) is 0. The first kappa shape index (κ1) is 8.97. The third kappa shape index (κ3) is 1.42. The minimum atomic E-state index is 0.381. The average Bonchev–Trinajstić information content (AvgIpc) is 2.66. The Morgan fingerprint density at radius 3 is 2.93 bits per heavy atom. The van der Waals surface area contributed by atoms with E-state index >= 15 is 0 Å².